The van der Waals surface area contributed by atoms with Gasteiger partial charge in [-0.25, -0.2) is 0 Å². The normalized spacial score (nSPS) is 10.2. The van der Waals surface area contributed by atoms with Gasteiger partial charge in [0.1, 0.15) is 5.75 Å². The minimum absolute atomic E-state index is 0.0263. The molecule has 24 heavy (non-hydrogen) atoms. The maximum Gasteiger partial charge on any atom is 0.221 e. The molecule has 2 N–H and O–H groups in total. The minimum Gasteiger partial charge on any atom is -0.492 e. The van der Waals surface area contributed by atoms with E-state index in [9.17, 15) is 4.79 Å². The highest BCUT2D eigenvalue weighted by atomic mass is 35.5. The van der Waals surface area contributed by atoms with E-state index in [2.05, 4.69) is 10.6 Å². The van der Waals surface area contributed by atoms with Crippen LogP contribution in [-0.2, 0) is 11.2 Å². The van der Waals surface area contributed by atoms with Crippen LogP contribution in [0.4, 0.5) is 5.69 Å². The second-order valence-electron chi connectivity index (χ2n) is 5.34. The maximum absolute atomic E-state index is 11.9. The first-order valence-corrected chi connectivity index (χ1v) is 8.53. The largest absolute Gasteiger partial charge is 0.492 e. The molecule has 0 saturated carbocycles. The minimum atomic E-state index is 0.0263. The molecule has 0 saturated heterocycles. The molecule has 0 unspecified atom stereocenters. The Morgan fingerprint density at radius 1 is 1.12 bits per heavy atom. The summed E-state index contributed by atoms with van der Waals surface area (Å²) in [5, 5.41) is 6.88. The molecule has 0 atom stereocenters. The second kappa shape index (κ2) is 9.83. The number of halogens is 1. The van der Waals surface area contributed by atoms with Crippen LogP contribution in [0.1, 0.15) is 18.9 Å². The Balaban J connectivity index is 1.68. The molecule has 0 aliphatic carbocycles. The molecule has 0 aliphatic rings. The van der Waals surface area contributed by atoms with E-state index in [1.165, 1.54) is 0 Å². The molecule has 0 spiro atoms. The van der Waals surface area contributed by atoms with E-state index in [1.807, 2.05) is 55.5 Å². The lowest BCUT2D eigenvalue weighted by Crippen LogP contribution is -2.27. The molecule has 2 aromatic carbocycles. The molecule has 2 aromatic rings. The van der Waals surface area contributed by atoms with Crippen LogP contribution in [0.5, 0.6) is 5.75 Å². The lowest BCUT2D eigenvalue weighted by molar-refractivity contribution is -0.120. The van der Waals surface area contributed by atoms with Gasteiger partial charge in [-0.3, -0.25) is 4.79 Å². The predicted octanol–water partition coefficient (Wildman–Crippen LogP) is 3.90. The van der Waals surface area contributed by atoms with E-state index < -0.39 is 0 Å². The third-order valence-electron chi connectivity index (χ3n) is 3.48. The molecule has 1 amide bonds. The first kappa shape index (κ1) is 18.1. The summed E-state index contributed by atoms with van der Waals surface area (Å²) in [6.07, 6.45) is 1.18. The van der Waals surface area contributed by atoms with Crippen LogP contribution in [0, 0.1) is 0 Å². The first-order valence-electron chi connectivity index (χ1n) is 8.16. The Labute approximate surface area is 148 Å². The summed E-state index contributed by atoms with van der Waals surface area (Å²) < 4.78 is 5.54. The number of ether oxygens (including phenoxy) is 1. The van der Waals surface area contributed by atoms with Crippen LogP contribution in [0.2, 0.25) is 5.02 Å². The number of carbonyl (C=O) groups is 1. The van der Waals surface area contributed by atoms with Gasteiger partial charge in [-0.2, -0.15) is 0 Å². The van der Waals surface area contributed by atoms with Gasteiger partial charge < -0.3 is 15.4 Å². The number of para-hydroxylation sites is 2. The molecule has 5 heteroatoms. The molecule has 2 rings (SSSR count). The summed E-state index contributed by atoms with van der Waals surface area (Å²) in [5.41, 5.74) is 2.03. The summed E-state index contributed by atoms with van der Waals surface area (Å²) in [4.78, 5) is 11.9. The van der Waals surface area contributed by atoms with Gasteiger partial charge in [0.25, 0.3) is 0 Å². The van der Waals surface area contributed by atoms with Crippen molar-refractivity contribution in [1.29, 1.82) is 0 Å². The fraction of sp³-hybridized carbons (Fsp3) is 0.316. The average molecular weight is 347 g/mol. The summed E-state index contributed by atoms with van der Waals surface area (Å²) in [5.74, 6) is 0.833. The lowest BCUT2D eigenvalue weighted by Gasteiger charge is -2.12. The summed E-state index contributed by atoms with van der Waals surface area (Å²) in [7, 11) is 0. The van der Waals surface area contributed by atoms with Crippen LogP contribution >= 0.6 is 11.6 Å². The number of nitrogens with one attached hydrogen (secondary N) is 2. The number of rotatable bonds is 9. The number of carbonyl (C=O) groups excluding carboxylic acids is 1. The van der Waals surface area contributed by atoms with Crippen molar-refractivity contribution in [3.63, 3.8) is 0 Å². The number of hydrogen-bond donors (Lipinski definition) is 2. The summed E-state index contributed by atoms with van der Waals surface area (Å²) in [6.45, 7) is 3.73. The van der Waals surface area contributed by atoms with Crippen molar-refractivity contribution in [2.24, 2.45) is 0 Å². The second-order valence-corrected chi connectivity index (χ2v) is 5.77. The van der Waals surface area contributed by atoms with Gasteiger partial charge >= 0.3 is 0 Å². The molecule has 0 aromatic heterocycles. The van der Waals surface area contributed by atoms with Gasteiger partial charge in [0.05, 0.1) is 12.3 Å². The molecular formula is C19H23ClN2O2. The zero-order chi connectivity index (χ0) is 17.2. The topological polar surface area (TPSA) is 50.4 Å². The number of benzene rings is 2. The van der Waals surface area contributed by atoms with E-state index in [0.29, 0.717) is 26.1 Å². The van der Waals surface area contributed by atoms with Crippen LogP contribution in [0.3, 0.4) is 0 Å². The Hall–Kier alpha value is -2.20. The van der Waals surface area contributed by atoms with Gasteiger partial charge in [-0.05, 0) is 43.2 Å². The van der Waals surface area contributed by atoms with Gasteiger partial charge in [0.15, 0.2) is 0 Å². The predicted molar refractivity (Wildman–Crippen MR) is 98.9 cm³/mol. The highest BCUT2D eigenvalue weighted by Crippen LogP contribution is 2.23. The summed E-state index contributed by atoms with van der Waals surface area (Å²) >= 11 is 5.94. The fourth-order valence-electron chi connectivity index (χ4n) is 2.33. The van der Waals surface area contributed by atoms with Crippen molar-refractivity contribution >= 4 is 23.2 Å². The van der Waals surface area contributed by atoms with Crippen molar-refractivity contribution in [2.75, 3.05) is 25.0 Å². The third kappa shape index (κ3) is 6.13. The van der Waals surface area contributed by atoms with Crippen molar-refractivity contribution in [2.45, 2.75) is 19.8 Å². The van der Waals surface area contributed by atoms with E-state index in [-0.39, 0.29) is 5.91 Å². The maximum atomic E-state index is 11.9. The highest BCUT2D eigenvalue weighted by Gasteiger charge is 2.04. The monoisotopic (exact) mass is 346 g/mol. The number of hydrogen-bond acceptors (Lipinski definition) is 3. The molecule has 128 valence electrons. The smallest absolute Gasteiger partial charge is 0.221 e. The third-order valence-corrected chi connectivity index (χ3v) is 3.71. The average Bonchev–Trinajstić information content (AvgIpc) is 2.57. The van der Waals surface area contributed by atoms with Crippen LogP contribution in [0.15, 0.2) is 48.5 Å². The van der Waals surface area contributed by atoms with Crippen molar-refractivity contribution in [3.8, 4) is 5.75 Å². The van der Waals surface area contributed by atoms with E-state index in [0.717, 1.165) is 28.4 Å². The number of anilines is 1. The Morgan fingerprint density at radius 2 is 1.96 bits per heavy atom. The van der Waals surface area contributed by atoms with Crippen molar-refractivity contribution in [3.05, 3.63) is 59.1 Å². The van der Waals surface area contributed by atoms with Crippen molar-refractivity contribution in [1.82, 2.24) is 5.32 Å². The Bertz CT molecular complexity index is 661. The van der Waals surface area contributed by atoms with Gasteiger partial charge in [-0.15, -0.1) is 0 Å². The SMILES string of the molecule is CCOc1ccccc1NCCC(=O)NCCc1cccc(Cl)c1. The van der Waals surface area contributed by atoms with Crippen molar-refractivity contribution < 1.29 is 9.53 Å². The zero-order valence-electron chi connectivity index (χ0n) is 13.8. The molecule has 4 nitrogen and oxygen atoms in total. The highest BCUT2D eigenvalue weighted by molar-refractivity contribution is 6.30. The molecule has 0 bridgehead atoms. The zero-order valence-corrected chi connectivity index (χ0v) is 14.6. The van der Waals surface area contributed by atoms with Gasteiger partial charge in [-0.1, -0.05) is 35.9 Å². The van der Waals surface area contributed by atoms with E-state index in [1.54, 1.807) is 0 Å². The fourth-order valence-corrected chi connectivity index (χ4v) is 2.54. The van der Waals surface area contributed by atoms with Crippen LogP contribution in [-0.4, -0.2) is 25.6 Å². The van der Waals surface area contributed by atoms with Gasteiger partial charge in [0.2, 0.25) is 5.91 Å². The van der Waals surface area contributed by atoms with Crippen LogP contribution in [0.25, 0.3) is 0 Å². The van der Waals surface area contributed by atoms with Gasteiger partial charge in [0, 0.05) is 24.5 Å². The standard InChI is InChI=1S/C19H23ClN2O2/c1-2-24-18-9-4-3-8-17(18)21-13-11-19(23)22-12-10-15-6-5-7-16(20)14-15/h3-9,14,21H,2,10-13H2,1H3,(H,22,23). The van der Waals surface area contributed by atoms with E-state index >= 15 is 0 Å². The Morgan fingerprint density at radius 3 is 2.75 bits per heavy atom. The molecule has 0 aliphatic heterocycles. The molecule has 0 fully saturated rings. The summed E-state index contributed by atoms with van der Waals surface area (Å²) in [6, 6.07) is 15.4. The molecule has 0 radical (unpaired) electrons. The Kier molecular flexibility index (Phi) is 7.43. The quantitative estimate of drug-likeness (QED) is 0.724. The first-order chi connectivity index (χ1) is 11.7. The molecular weight excluding hydrogens is 324 g/mol. The van der Waals surface area contributed by atoms with Crippen LogP contribution < -0.4 is 15.4 Å². The molecule has 0 heterocycles. The number of amides is 1. The lowest BCUT2D eigenvalue weighted by atomic mass is 10.1. The van der Waals surface area contributed by atoms with E-state index in [4.69, 9.17) is 16.3 Å².